The molecule has 0 radical (unpaired) electrons. The van der Waals surface area contributed by atoms with E-state index in [1.54, 1.807) is 6.92 Å². The van der Waals surface area contributed by atoms with E-state index in [-0.39, 0.29) is 11.8 Å². The molecule has 2 aliphatic heterocycles. The van der Waals surface area contributed by atoms with Gasteiger partial charge in [-0.05, 0) is 32.9 Å². The number of ether oxygens (including phenoxy) is 1. The molecule has 0 aliphatic carbocycles. The van der Waals surface area contributed by atoms with Crippen molar-refractivity contribution in [2.75, 3.05) is 44.0 Å². The van der Waals surface area contributed by atoms with Crippen molar-refractivity contribution in [3.05, 3.63) is 36.8 Å². The molecule has 0 amide bonds. The number of aryl methyl sites for hydroxylation is 1. The van der Waals surface area contributed by atoms with Crippen LogP contribution >= 0.6 is 0 Å². The van der Waals surface area contributed by atoms with Crippen LogP contribution in [0.15, 0.2) is 25.6 Å². The third-order valence-electron chi connectivity index (χ3n) is 4.68. The van der Waals surface area contributed by atoms with Crippen LogP contribution in [-0.2, 0) is 10.9 Å². The highest BCUT2D eigenvalue weighted by Crippen LogP contribution is 2.33. The maximum Gasteiger partial charge on any atom is 0.421 e. The SMILES string of the molecule is C1CCN(C2COC2)C1.C=C.CNc1nc(Nc2cn[nH]c2C)ncc1C(F)(F)F. The Morgan fingerprint density at radius 1 is 1.20 bits per heavy atom. The number of hydrogen-bond donors (Lipinski definition) is 3. The number of anilines is 3. The number of alkyl halides is 3. The van der Waals surface area contributed by atoms with E-state index in [0.717, 1.165) is 31.1 Å². The Morgan fingerprint density at radius 3 is 2.33 bits per heavy atom. The highest BCUT2D eigenvalue weighted by molar-refractivity contribution is 5.57. The normalized spacial score (nSPS) is 16.6. The third-order valence-corrected chi connectivity index (χ3v) is 4.68. The Hall–Kier alpha value is -2.66. The zero-order valence-electron chi connectivity index (χ0n) is 17.2. The number of hydrogen-bond acceptors (Lipinski definition) is 7. The van der Waals surface area contributed by atoms with Crippen molar-refractivity contribution >= 4 is 17.5 Å². The summed E-state index contributed by atoms with van der Waals surface area (Å²) >= 11 is 0. The fourth-order valence-electron chi connectivity index (χ4n) is 2.98. The number of likely N-dealkylation sites (tertiary alicyclic amines) is 1. The van der Waals surface area contributed by atoms with Gasteiger partial charge >= 0.3 is 6.18 Å². The largest absolute Gasteiger partial charge is 0.421 e. The van der Waals surface area contributed by atoms with Gasteiger partial charge in [0, 0.05) is 13.2 Å². The monoisotopic (exact) mass is 427 g/mol. The lowest BCUT2D eigenvalue weighted by atomic mass is 10.2. The maximum atomic E-state index is 12.7. The number of aromatic nitrogens is 4. The topological polar surface area (TPSA) is 91.0 Å². The fraction of sp³-hybridized carbons (Fsp3) is 0.526. The molecule has 4 heterocycles. The molecule has 0 unspecified atom stereocenters. The van der Waals surface area contributed by atoms with E-state index in [1.165, 1.54) is 39.2 Å². The Balaban J connectivity index is 0.000000241. The smallest absolute Gasteiger partial charge is 0.378 e. The second-order valence-corrected chi connectivity index (χ2v) is 6.67. The van der Waals surface area contributed by atoms with E-state index < -0.39 is 11.7 Å². The second kappa shape index (κ2) is 10.9. The van der Waals surface area contributed by atoms with Gasteiger partial charge in [-0.1, -0.05) is 0 Å². The summed E-state index contributed by atoms with van der Waals surface area (Å²) in [5, 5.41) is 11.7. The quantitative estimate of drug-likeness (QED) is 0.643. The molecule has 0 spiro atoms. The van der Waals surface area contributed by atoms with Gasteiger partial charge in [0.1, 0.15) is 11.4 Å². The van der Waals surface area contributed by atoms with Crippen molar-refractivity contribution in [1.29, 1.82) is 0 Å². The van der Waals surface area contributed by atoms with Crippen LogP contribution in [0.25, 0.3) is 0 Å². The van der Waals surface area contributed by atoms with E-state index in [9.17, 15) is 13.2 Å². The van der Waals surface area contributed by atoms with Gasteiger partial charge in [-0.25, -0.2) is 4.98 Å². The summed E-state index contributed by atoms with van der Waals surface area (Å²) in [7, 11) is 1.37. The maximum absolute atomic E-state index is 12.7. The van der Waals surface area contributed by atoms with Gasteiger partial charge in [0.05, 0.1) is 36.8 Å². The lowest BCUT2D eigenvalue weighted by Gasteiger charge is -2.34. The summed E-state index contributed by atoms with van der Waals surface area (Å²) in [4.78, 5) is 9.97. The minimum absolute atomic E-state index is 0.0573. The van der Waals surface area contributed by atoms with Gasteiger partial charge in [-0.15, -0.1) is 13.2 Å². The van der Waals surface area contributed by atoms with Crippen LogP contribution in [0.5, 0.6) is 0 Å². The Bertz CT molecular complexity index is 787. The molecular weight excluding hydrogens is 399 g/mol. The molecule has 2 aromatic rings. The zero-order valence-corrected chi connectivity index (χ0v) is 17.2. The molecule has 0 atom stereocenters. The lowest BCUT2D eigenvalue weighted by molar-refractivity contribution is -0.137. The van der Waals surface area contributed by atoms with Gasteiger partial charge in [0.15, 0.2) is 0 Å². The van der Waals surface area contributed by atoms with Gasteiger partial charge in [0.25, 0.3) is 0 Å². The van der Waals surface area contributed by atoms with Crippen LogP contribution in [0.2, 0.25) is 0 Å². The summed E-state index contributed by atoms with van der Waals surface area (Å²) in [6, 6.07) is 0.785. The number of rotatable bonds is 4. The van der Waals surface area contributed by atoms with E-state index in [1.807, 2.05) is 0 Å². The molecule has 2 aromatic heterocycles. The average Bonchev–Trinajstić information content (AvgIpc) is 3.34. The first-order chi connectivity index (χ1) is 14.4. The van der Waals surface area contributed by atoms with E-state index in [4.69, 9.17) is 4.74 Å². The van der Waals surface area contributed by atoms with Crippen LogP contribution in [0.3, 0.4) is 0 Å². The summed E-state index contributed by atoms with van der Waals surface area (Å²) in [5.41, 5.74) is 0.417. The molecule has 0 saturated carbocycles. The minimum atomic E-state index is -4.50. The predicted octanol–water partition coefficient (Wildman–Crippen LogP) is 3.60. The molecule has 0 bridgehead atoms. The van der Waals surface area contributed by atoms with Crippen LogP contribution < -0.4 is 10.6 Å². The van der Waals surface area contributed by atoms with Gasteiger partial charge in [-0.3, -0.25) is 10.00 Å². The van der Waals surface area contributed by atoms with E-state index in [2.05, 4.69) is 48.9 Å². The Kier molecular flexibility index (Phi) is 8.60. The number of H-pyrrole nitrogens is 1. The van der Waals surface area contributed by atoms with E-state index >= 15 is 0 Å². The van der Waals surface area contributed by atoms with Crippen LogP contribution in [0, 0.1) is 6.92 Å². The fourth-order valence-corrected chi connectivity index (χ4v) is 2.98. The summed E-state index contributed by atoms with van der Waals surface area (Å²) < 4.78 is 43.1. The van der Waals surface area contributed by atoms with Gasteiger partial charge < -0.3 is 15.4 Å². The molecule has 30 heavy (non-hydrogen) atoms. The third kappa shape index (κ3) is 6.17. The van der Waals surface area contributed by atoms with E-state index in [0.29, 0.717) is 5.69 Å². The molecule has 0 aromatic carbocycles. The molecule has 8 nitrogen and oxygen atoms in total. The molecule has 166 valence electrons. The number of aromatic amines is 1. The number of nitrogens with one attached hydrogen (secondary N) is 3. The molecule has 4 rings (SSSR count). The van der Waals surface area contributed by atoms with Gasteiger partial charge in [-0.2, -0.15) is 23.3 Å². The lowest BCUT2D eigenvalue weighted by Crippen LogP contribution is -2.47. The zero-order chi connectivity index (χ0) is 22.1. The van der Waals surface area contributed by atoms with Crippen LogP contribution in [-0.4, -0.2) is 64.5 Å². The highest BCUT2D eigenvalue weighted by atomic mass is 19.4. The first-order valence-electron chi connectivity index (χ1n) is 9.59. The molecule has 3 N–H and O–H groups in total. The number of halogens is 3. The first-order valence-corrected chi connectivity index (χ1v) is 9.59. The average molecular weight is 427 g/mol. The molecule has 2 aliphatic rings. The Morgan fingerprint density at radius 2 is 1.87 bits per heavy atom. The molecule has 2 saturated heterocycles. The predicted molar refractivity (Wildman–Crippen MR) is 110 cm³/mol. The number of nitrogens with zero attached hydrogens (tertiary/aromatic N) is 4. The minimum Gasteiger partial charge on any atom is -0.378 e. The van der Waals surface area contributed by atoms with Crippen LogP contribution in [0.4, 0.5) is 30.6 Å². The van der Waals surface area contributed by atoms with Crippen LogP contribution in [0.1, 0.15) is 24.1 Å². The summed E-state index contributed by atoms with van der Waals surface area (Å²) in [6.45, 7) is 12.4. The Labute approximate surface area is 173 Å². The summed E-state index contributed by atoms with van der Waals surface area (Å²) in [6.07, 6.45) is 0.529. The van der Waals surface area contributed by atoms with Crippen molar-refractivity contribution in [2.45, 2.75) is 32.0 Å². The van der Waals surface area contributed by atoms with Crippen molar-refractivity contribution in [3.63, 3.8) is 0 Å². The first kappa shape index (κ1) is 23.6. The van der Waals surface area contributed by atoms with Crippen molar-refractivity contribution < 1.29 is 17.9 Å². The van der Waals surface area contributed by atoms with Crippen molar-refractivity contribution in [2.24, 2.45) is 0 Å². The molecule has 11 heteroatoms. The summed E-state index contributed by atoms with van der Waals surface area (Å²) in [5.74, 6) is -0.229. The van der Waals surface area contributed by atoms with Crippen molar-refractivity contribution in [1.82, 2.24) is 25.1 Å². The highest BCUT2D eigenvalue weighted by Gasteiger charge is 2.35. The molecular formula is C19H28F3N7O. The van der Waals surface area contributed by atoms with Gasteiger partial charge in [0.2, 0.25) is 5.95 Å². The second-order valence-electron chi connectivity index (χ2n) is 6.67. The van der Waals surface area contributed by atoms with Crippen molar-refractivity contribution in [3.8, 4) is 0 Å². The standard InChI is InChI=1S/C10H11F3N6.C7H13NO.C2H4/c1-5-7(4-16-19-5)17-9-15-3-6(10(11,12)13)8(14-2)18-9;1-2-4-8(3-1)7-5-9-6-7;1-2/h3-4H,1-2H3,(H,16,19)(H2,14,15,17,18);7H,1-6H2;1-2H2. The molecule has 2 fully saturated rings.